The Kier molecular flexibility index (Phi) is 7.15. The first-order valence-electron chi connectivity index (χ1n) is 6.89. The first-order chi connectivity index (χ1) is 9.21. The van der Waals surface area contributed by atoms with E-state index in [1.807, 2.05) is 25.1 Å². The summed E-state index contributed by atoms with van der Waals surface area (Å²) in [6.07, 6.45) is 0. The molecule has 1 amide bonds. The lowest BCUT2D eigenvalue weighted by atomic mass is 10.1. The van der Waals surface area contributed by atoms with Crippen LogP contribution in [0.5, 0.6) is 0 Å². The summed E-state index contributed by atoms with van der Waals surface area (Å²) in [7, 11) is 0. The van der Waals surface area contributed by atoms with E-state index in [0.717, 1.165) is 30.9 Å². The number of hydrogen-bond acceptors (Lipinski definition) is 3. The molecule has 1 aromatic rings. The molecule has 1 rings (SSSR count). The number of anilines is 1. The molecule has 0 aromatic heterocycles. The largest absolute Gasteiger partial charge is 0.372 e. The lowest BCUT2D eigenvalue weighted by Gasteiger charge is -2.20. The van der Waals surface area contributed by atoms with Crippen LogP contribution in [0.25, 0.3) is 0 Å². The minimum Gasteiger partial charge on any atom is -0.372 e. The average Bonchev–Trinajstić information content (AvgIpc) is 2.44. The topological polar surface area (TPSA) is 41.6 Å². The molecule has 0 aliphatic rings. The quantitative estimate of drug-likeness (QED) is 0.784. The molecule has 0 radical (unpaired) electrons. The maximum Gasteiger partial charge on any atom is 0.250 e. The van der Waals surface area contributed by atoms with Crippen LogP contribution < -0.4 is 5.32 Å². The molecule has 0 bridgehead atoms. The van der Waals surface area contributed by atoms with Crippen molar-refractivity contribution >= 4 is 11.6 Å². The van der Waals surface area contributed by atoms with Gasteiger partial charge in [0.15, 0.2) is 0 Å². The monoisotopic (exact) mass is 264 g/mol. The number of nitrogens with one attached hydrogen (secondary N) is 1. The van der Waals surface area contributed by atoms with E-state index >= 15 is 0 Å². The molecule has 0 aliphatic carbocycles. The fourth-order valence-electron chi connectivity index (χ4n) is 1.85. The first-order valence-corrected chi connectivity index (χ1v) is 6.89. The van der Waals surface area contributed by atoms with Crippen molar-refractivity contribution in [2.75, 3.05) is 31.6 Å². The van der Waals surface area contributed by atoms with Gasteiger partial charge in [0.2, 0.25) is 5.91 Å². The molecule has 0 unspecified atom stereocenters. The highest BCUT2D eigenvalue weighted by molar-refractivity contribution is 5.92. The van der Waals surface area contributed by atoms with Gasteiger partial charge in [0.05, 0.1) is 0 Å². The molecule has 19 heavy (non-hydrogen) atoms. The number of hydrogen-bond donors (Lipinski definition) is 1. The Morgan fingerprint density at radius 3 is 2.53 bits per heavy atom. The molecule has 4 heteroatoms. The van der Waals surface area contributed by atoms with E-state index in [2.05, 4.69) is 30.1 Å². The molecule has 1 N–H and O–H groups in total. The van der Waals surface area contributed by atoms with Gasteiger partial charge >= 0.3 is 0 Å². The van der Waals surface area contributed by atoms with Crippen molar-refractivity contribution in [1.82, 2.24) is 4.90 Å². The smallest absolute Gasteiger partial charge is 0.250 e. The van der Waals surface area contributed by atoms with Gasteiger partial charge in [-0.2, -0.15) is 0 Å². The molecule has 106 valence electrons. The van der Waals surface area contributed by atoms with Gasteiger partial charge in [0.25, 0.3) is 0 Å². The van der Waals surface area contributed by atoms with Crippen LogP contribution in [0, 0.1) is 0 Å². The molecule has 0 heterocycles. The lowest BCUT2D eigenvalue weighted by molar-refractivity contribution is -0.120. The number of carbonyl (C=O) groups is 1. The van der Waals surface area contributed by atoms with Gasteiger partial charge in [-0.3, -0.25) is 9.69 Å². The van der Waals surface area contributed by atoms with Gasteiger partial charge in [-0.15, -0.1) is 0 Å². The third kappa shape index (κ3) is 5.41. The van der Waals surface area contributed by atoms with Crippen LogP contribution in [0.3, 0.4) is 0 Å². The number of benzene rings is 1. The van der Waals surface area contributed by atoms with E-state index in [-0.39, 0.29) is 12.5 Å². The van der Waals surface area contributed by atoms with E-state index in [4.69, 9.17) is 4.74 Å². The highest BCUT2D eigenvalue weighted by atomic mass is 16.5. The van der Waals surface area contributed by atoms with Crippen molar-refractivity contribution in [2.24, 2.45) is 0 Å². The number of carbonyl (C=O) groups excluding carboxylic acids is 1. The summed E-state index contributed by atoms with van der Waals surface area (Å²) in [5.74, 6) is -0.103. The zero-order valence-electron chi connectivity index (χ0n) is 12.1. The Morgan fingerprint density at radius 2 is 1.89 bits per heavy atom. The van der Waals surface area contributed by atoms with Gasteiger partial charge in [-0.25, -0.2) is 0 Å². The fraction of sp³-hybridized carbons (Fsp3) is 0.533. The van der Waals surface area contributed by atoms with Gasteiger partial charge in [-0.1, -0.05) is 32.0 Å². The summed E-state index contributed by atoms with van der Waals surface area (Å²) in [4.78, 5) is 14.0. The molecule has 4 nitrogen and oxygen atoms in total. The maximum atomic E-state index is 11.7. The number of para-hydroxylation sites is 1. The molecular weight excluding hydrogens is 240 g/mol. The van der Waals surface area contributed by atoms with E-state index in [1.54, 1.807) is 0 Å². The molecule has 0 fully saturated rings. The van der Waals surface area contributed by atoms with Crippen LogP contribution in [-0.4, -0.2) is 37.1 Å². The van der Waals surface area contributed by atoms with Crippen LogP contribution in [0.4, 0.5) is 5.69 Å². The highest BCUT2D eigenvalue weighted by Gasteiger charge is 2.08. The minimum atomic E-state index is -0.103. The fourth-order valence-corrected chi connectivity index (χ4v) is 1.85. The molecule has 0 atom stereocenters. The van der Waals surface area contributed by atoms with Crippen molar-refractivity contribution in [3.63, 3.8) is 0 Å². The first kappa shape index (κ1) is 15.7. The second kappa shape index (κ2) is 8.67. The molecule has 0 saturated carbocycles. The van der Waals surface area contributed by atoms with Crippen LogP contribution in [-0.2, 0) is 16.1 Å². The lowest BCUT2D eigenvalue weighted by Crippen LogP contribution is -2.24. The predicted octanol–water partition coefficient (Wildman–Crippen LogP) is 2.50. The molecular formula is C15H24N2O2. The van der Waals surface area contributed by atoms with Crippen molar-refractivity contribution in [1.29, 1.82) is 0 Å². The maximum absolute atomic E-state index is 11.7. The second-order valence-electron chi connectivity index (χ2n) is 4.30. The van der Waals surface area contributed by atoms with E-state index in [0.29, 0.717) is 6.61 Å². The number of rotatable bonds is 8. The van der Waals surface area contributed by atoms with Crippen LogP contribution >= 0.6 is 0 Å². The minimum absolute atomic E-state index is 0.103. The normalized spacial score (nSPS) is 10.7. The summed E-state index contributed by atoms with van der Waals surface area (Å²) in [5, 5.41) is 2.91. The number of amides is 1. The Bertz CT molecular complexity index is 389. The van der Waals surface area contributed by atoms with Crippen LogP contribution in [0.2, 0.25) is 0 Å². The number of nitrogens with zero attached hydrogens (tertiary/aromatic N) is 1. The summed E-state index contributed by atoms with van der Waals surface area (Å²) in [5.41, 5.74) is 2.01. The summed E-state index contributed by atoms with van der Waals surface area (Å²) in [6, 6.07) is 7.91. The Morgan fingerprint density at radius 1 is 1.21 bits per heavy atom. The van der Waals surface area contributed by atoms with Crippen LogP contribution in [0.1, 0.15) is 26.3 Å². The van der Waals surface area contributed by atoms with Gasteiger partial charge in [-0.05, 0) is 31.6 Å². The summed E-state index contributed by atoms with van der Waals surface area (Å²) in [6.45, 7) is 9.65. The van der Waals surface area contributed by atoms with E-state index in [9.17, 15) is 4.79 Å². The summed E-state index contributed by atoms with van der Waals surface area (Å²) >= 11 is 0. The highest BCUT2D eigenvalue weighted by Crippen LogP contribution is 2.17. The standard InChI is InChI=1S/C15H24N2O2/c1-4-17(5-2)11-13-9-7-8-10-14(13)16-15(18)12-19-6-3/h7-10H,4-6,11-12H2,1-3H3,(H,16,18). The Balaban J connectivity index is 2.69. The zero-order valence-corrected chi connectivity index (χ0v) is 12.1. The van der Waals surface area contributed by atoms with Crippen molar-refractivity contribution in [3.05, 3.63) is 29.8 Å². The van der Waals surface area contributed by atoms with Gasteiger partial charge in [0.1, 0.15) is 6.61 Å². The molecule has 1 aromatic carbocycles. The SMILES string of the molecule is CCOCC(=O)Nc1ccccc1CN(CC)CC. The number of ether oxygens (including phenoxy) is 1. The molecule has 0 aliphatic heterocycles. The second-order valence-corrected chi connectivity index (χ2v) is 4.30. The van der Waals surface area contributed by atoms with Gasteiger partial charge in [0, 0.05) is 18.8 Å². The Labute approximate surface area is 115 Å². The third-order valence-electron chi connectivity index (χ3n) is 3.02. The Hall–Kier alpha value is -1.39. The van der Waals surface area contributed by atoms with E-state index < -0.39 is 0 Å². The predicted molar refractivity (Wildman–Crippen MR) is 78.2 cm³/mol. The third-order valence-corrected chi connectivity index (χ3v) is 3.02. The van der Waals surface area contributed by atoms with Crippen LogP contribution in [0.15, 0.2) is 24.3 Å². The van der Waals surface area contributed by atoms with Crippen molar-refractivity contribution in [3.8, 4) is 0 Å². The molecule has 0 saturated heterocycles. The van der Waals surface area contributed by atoms with E-state index in [1.165, 1.54) is 0 Å². The zero-order chi connectivity index (χ0) is 14.1. The van der Waals surface area contributed by atoms with Gasteiger partial charge < -0.3 is 10.1 Å². The summed E-state index contributed by atoms with van der Waals surface area (Å²) < 4.78 is 5.11. The molecule has 0 spiro atoms. The van der Waals surface area contributed by atoms with Crippen molar-refractivity contribution < 1.29 is 9.53 Å². The average molecular weight is 264 g/mol. The van der Waals surface area contributed by atoms with Crippen molar-refractivity contribution in [2.45, 2.75) is 27.3 Å².